The fourth-order valence-corrected chi connectivity index (χ4v) is 8.19. The maximum Gasteiger partial charge on any atom is 0.143 e. The van der Waals surface area contributed by atoms with Crippen LogP contribution >= 0.6 is 0 Å². The van der Waals surface area contributed by atoms with Gasteiger partial charge >= 0.3 is 0 Å². The Labute approximate surface area is 338 Å². The first-order valence-corrected chi connectivity index (χ1v) is 19.6. The zero-order chi connectivity index (χ0) is 39.0. The number of rotatable bonds is 9. The smallest absolute Gasteiger partial charge is 0.143 e. The number of benzene rings is 8. The van der Waals surface area contributed by atoms with Gasteiger partial charge in [-0.05, 0) is 88.8 Å². The van der Waals surface area contributed by atoms with Crippen LogP contribution in [0.15, 0.2) is 210 Å². The molecule has 0 spiro atoms. The first kappa shape index (κ1) is 34.8. The maximum atomic E-state index is 6.48. The van der Waals surface area contributed by atoms with E-state index in [1.165, 1.54) is 16.7 Å². The summed E-state index contributed by atoms with van der Waals surface area (Å²) in [6.07, 6.45) is 5.91. The van der Waals surface area contributed by atoms with Gasteiger partial charge in [-0.3, -0.25) is 0 Å². The Morgan fingerprint density at radius 2 is 0.948 bits per heavy atom. The Hall–Kier alpha value is -7.62. The van der Waals surface area contributed by atoms with Crippen molar-refractivity contribution in [2.75, 3.05) is 4.90 Å². The summed E-state index contributed by atoms with van der Waals surface area (Å²) in [6, 6.07) is 66.6. The topological polar surface area (TPSA) is 29.5 Å². The second kappa shape index (κ2) is 14.8. The van der Waals surface area contributed by atoms with E-state index in [0.717, 1.165) is 89.1 Å². The molecule has 0 N–H and O–H groups in total. The van der Waals surface area contributed by atoms with Crippen LogP contribution in [0.2, 0.25) is 0 Å². The molecule has 0 saturated carbocycles. The Morgan fingerprint density at radius 3 is 1.62 bits per heavy atom. The predicted octanol–water partition coefficient (Wildman–Crippen LogP) is 16.1. The summed E-state index contributed by atoms with van der Waals surface area (Å²) in [4.78, 5) is 2.32. The van der Waals surface area contributed by atoms with Crippen LogP contribution in [0, 0.1) is 0 Å². The number of hydrogen-bond donors (Lipinski definition) is 0. The minimum absolute atomic E-state index is 0.775. The molecule has 0 fully saturated rings. The minimum atomic E-state index is 0.775. The lowest BCUT2D eigenvalue weighted by Gasteiger charge is -2.26. The largest absolute Gasteiger partial charge is 0.455 e. The average molecular weight is 746 g/mol. The highest BCUT2D eigenvalue weighted by atomic mass is 16.3. The van der Waals surface area contributed by atoms with Crippen molar-refractivity contribution in [1.29, 1.82) is 0 Å². The van der Waals surface area contributed by atoms with Gasteiger partial charge in [0.25, 0.3) is 0 Å². The van der Waals surface area contributed by atoms with Gasteiger partial charge in [-0.15, -0.1) is 0 Å². The Balaban J connectivity index is 1.06. The summed E-state index contributed by atoms with van der Waals surface area (Å²) >= 11 is 0. The normalized spacial score (nSPS) is 11.5. The second-order valence-electron chi connectivity index (χ2n) is 14.5. The van der Waals surface area contributed by atoms with Crippen LogP contribution in [0.3, 0.4) is 0 Å². The third-order valence-corrected chi connectivity index (χ3v) is 11.0. The highest BCUT2D eigenvalue weighted by Crippen LogP contribution is 2.42. The molecule has 2 heterocycles. The van der Waals surface area contributed by atoms with E-state index in [2.05, 4.69) is 193 Å². The van der Waals surface area contributed by atoms with Crippen LogP contribution in [0.5, 0.6) is 0 Å². The molecule has 0 radical (unpaired) electrons. The lowest BCUT2D eigenvalue weighted by atomic mass is 9.99. The van der Waals surface area contributed by atoms with Gasteiger partial charge in [0.15, 0.2) is 0 Å². The molecule has 0 amide bonds. The highest BCUT2D eigenvalue weighted by molar-refractivity contribution is 6.09. The van der Waals surface area contributed by atoms with Gasteiger partial charge in [0.05, 0.1) is 0 Å². The zero-order valence-corrected chi connectivity index (χ0v) is 32.1. The summed E-state index contributed by atoms with van der Waals surface area (Å²) < 4.78 is 12.9. The first-order chi connectivity index (χ1) is 28.7. The van der Waals surface area contributed by atoms with Crippen molar-refractivity contribution in [2.24, 2.45) is 0 Å². The number of furan rings is 2. The van der Waals surface area contributed by atoms with Gasteiger partial charge in [0, 0.05) is 49.9 Å². The molecule has 10 rings (SSSR count). The molecule has 10 aromatic rings. The fraction of sp³-hybridized carbons (Fsp3) is 0.0182. The van der Waals surface area contributed by atoms with Crippen LogP contribution in [0.25, 0.3) is 89.6 Å². The van der Waals surface area contributed by atoms with Crippen molar-refractivity contribution in [3.8, 4) is 44.5 Å². The van der Waals surface area contributed by atoms with Crippen LogP contribution in [0.1, 0.15) is 18.2 Å². The number of allylic oxidation sites excluding steroid dienone is 1. The molecular formula is C55H39NO2. The van der Waals surface area contributed by atoms with E-state index in [1.54, 1.807) is 6.08 Å². The predicted molar refractivity (Wildman–Crippen MR) is 245 cm³/mol. The first-order valence-electron chi connectivity index (χ1n) is 19.6. The van der Waals surface area contributed by atoms with Gasteiger partial charge in [0.1, 0.15) is 22.5 Å². The Morgan fingerprint density at radius 1 is 0.431 bits per heavy atom. The highest BCUT2D eigenvalue weighted by Gasteiger charge is 2.18. The van der Waals surface area contributed by atoms with Crippen LogP contribution in [-0.4, -0.2) is 0 Å². The van der Waals surface area contributed by atoms with E-state index in [0.29, 0.717) is 0 Å². The summed E-state index contributed by atoms with van der Waals surface area (Å²) in [6.45, 7) is 6.03. The quantitative estimate of drug-likeness (QED) is 0.147. The van der Waals surface area contributed by atoms with Crippen molar-refractivity contribution in [3.63, 3.8) is 0 Å². The SMILES string of the molecule is C=Cc1oc2c(-c3ccc(N(c4ccc(-c5ccc(-c6ccccc6)cc5)cc4)c4cccc(-c5cccc6c5oc5ccccc56)c4)cc3)cccc2c1/C=C\C. The van der Waals surface area contributed by atoms with Crippen LogP contribution in [0.4, 0.5) is 17.1 Å². The van der Waals surface area contributed by atoms with Gasteiger partial charge in [0.2, 0.25) is 0 Å². The number of nitrogens with zero attached hydrogens (tertiary/aromatic N) is 1. The van der Waals surface area contributed by atoms with Crippen molar-refractivity contribution in [3.05, 3.63) is 212 Å². The molecule has 2 aromatic heterocycles. The van der Waals surface area contributed by atoms with Gasteiger partial charge < -0.3 is 13.7 Å². The van der Waals surface area contributed by atoms with E-state index in [1.807, 2.05) is 25.1 Å². The molecule has 0 unspecified atom stereocenters. The number of anilines is 3. The van der Waals surface area contributed by atoms with Crippen molar-refractivity contribution < 1.29 is 8.83 Å². The minimum Gasteiger partial charge on any atom is -0.455 e. The monoisotopic (exact) mass is 745 g/mol. The van der Waals surface area contributed by atoms with Crippen LogP contribution in [-0.2, 0) is 0 Å². The molecular weight excluding hydrogens is 707 g/mol. The molecule has 0 bridgehead atoms. The second-order valence-corrected chi connectivity index (χ2v) is 14.5. The summed E-state index contributed by atoms with van der Waals surface area (Å²) in [5.41, 5.74) is 15.8. The molecule has 58 heavy (non-hydrogen) atoms. The molecule has 276 valence electrons. The summed E-state index contributed by atoms with van der Waals surface area (Å²) in [5, 5.41) is 3.31. The van der Waals surface area contributed by atoms with Gasteiger partial charge in [-0.2, -0.15) is 0 Å². The Bertz CT molecular complexity index is 3110. The molecule has 0 saturated heterocycles. The lowest BCUT2D eigenvalue weighted by Crippen LogP contribution is -2.10. The van der Waals surface area contributed by atoms with Crippen molar-refractivity contribution in [1.82, 2.24) is 0 Å². The molecule has 8 aromatic carbocycles. The van der Waals surface area contributed by atoms with E-state index in [4.69, 9.17) is 8.83 Å². The molecule has 3 heteroatoms. The lowest BCUT2D eigenvalue weighted by molar-refractivity contribution is 0.604. The molecule has 0 atom stereocenters. The number of para-hydroxylation sites is 3. The van der Waals surface area contributed by atoms with Gasteiger partial charge in [-0.1, -0.05) is 164 Å². The van der Waals surface area contributed by atoms with Crippen molar-refractivity contribution >= 4 is 62.1 Å². The fourth-order valence-electron chi connectivity index (χ4n) is 8.19. The number of fused-ring (bicyclic) bond motifs is 4. The van der Waals surface area contributed by atoms with E-state index >= 15 is 0 Å². The third kappa shape index (κ3) is 6.20. The molecule has 0 aliphatic rings. The average Bonchev–Trinajstić information content (AvgIpc) is 3.86. The van der Waals surface area contributed by atoms with E-state index in [9.17, 15) is 0 Å². The molecule has 3 nitrogen and oxygen atoms in total. The third-order valence-electron chi connectivity index (χ3n) is 11.0. The Kier molecular flexibility index (Phi) is 8.89. The summed E-state index contributed by atoms with van der Waals surface area (Å²) in [5.74, 6) is 0.775. The van der Waals surface area contributed by atoms with Crippen molar-refractivity contribution in [2.45, 2.75) is 6.92 Å². The summed E-state index contributed by atoms with van der Waals surface area (Å²) in [7, 11) is 0. The molecule has 0 aliphatic heterocycles. The standard InChI is InChI=1S/C55H39NO2/c1-3-13-48-50-21-11-19-46(54(50)57-52(48)4-2)41-30-34-44(35-31-41)56(43-32-28-40(29-33-43)39-26-24-38(25-27-39)37-14-6-5-7-15-37)45-17-10-16-42(36-45)47-20-12-22-51-49-18-8-9-23-53(49)58-55(47)51/h3-36H,2H2,1H3/b13-3-. The van der Waals surface area contributed by atoms with E-state index < -0.39 is 0 Å². The van der Waals surface area contributed by atoms with Crippen LogP contribution < -0.4 is 4.90 Å². The van der Waals surface area contributed by atoms with Gasteiger partial charge in [-0.25, -0.2) is 0 Å². The number of hydrogen-bond acceptors (Lipinski definition) is 3. The zero-order valence-electron chi connectivity index (χ0n) is 32.1. The molecule has 0 aliphatic carbocycles. The maximum absolute atomic E-state index is 6.48. The van der Waals surface area contributed by atoms with E-state index in [-0.39, 0.29) is 0 Å².